The molecular formula is C21H31N3O3. The summed E-state index contributed by atoms with van der Waals surface area (Å²) in [6, 6.07) is 10.3. The molecule has 1 saturated heterocycles. The topological polar surface area (TPSA) is 61.9 Å². The van der Waals surface area contributed by atoms with Crippen molar-refractivity contribution in [3.05, 3.63) is 35.9 Å². The third-order valence-corrected chi connectivity index (χ3v) is 5.63. The number of urea groups is 1. The molecule has 0 unspecified atom stereocenters. The summed E-state index contributed by atoms with van der Waals surface area (Å²) in [6.45, 7) is 6.10. The van der Waals surface area contributed by atoms with Gasteiger partial charge in [0.25, 0.3) is 0 Å². The molecular weight excluding hydrogens is 342 g/mol. The molecule has 0 bridgehead atoms. The number of nitrogens with one attached hydrogen (secondary N) is 1. The summed E-state index contributed by atoms with van der Waals surface area (Å²) < 4.78 is 5.28. The fourth-order valence-electron chi connectivity index (χ4n) is 4.04. The van der Waals surface area contributed by atoms with Gasteiger partial charge < -0.3 is 15.0 Å². The van der Waals surface area contributed by atoms with Crippen molar-refractivity contribution in [3.8, 4) is 0 Å². The van der Waals surface area contributed by atoms with Crippen LogP contribution in [0.4, 0.5) is 4.79 Å². The molecule has 1 aliphatic heterocycles. The first-order valence-corrected chi connectivity index (χ1v) is 10.1. The lowest BCUT2D eigenvalue weighted by atomic mass is 9.81. The fraction of sp³-hybridized carbons (Fsp3) is 0.619. The van der Waals surface area contributed by atoms with Gasteiger partial charge in [-0.1, -0.05) is 49.6 Å². The SMILES string of the molecule is CCOC(=O)C1(NC(=O)N2CCN(Cc3ccccc3)CC2)CCCCC1. The molecule has 2 amide bonds. The minimum atomic E-state index is -0.841. The van der Waals surface area contributed by atoms with E-state index in [4.69, 9.17) is 4.74 Å². The molecule has 3 rings (SSSR count). The average Bonchev–Trinajstić information content (AvgIpc) is 2.70. The number of benzene rings is 1. The molecule has 0 aromatic heterocycles. The zero-order valence-electron chi connectivity index (χ0n) is 16.3. The smallest absolute Gasteiger partial charge is 0.331 e. The van der Waals surface area contributed by atoms with Crippen LogP contribution in [0.15, 0.2) is 30.3 Å². The molecule has 0 radical (unpaired) electrons. The summed E-state index contributed by atoms with van der Waals surface area (Å²) in [7, 11) is 0. The summed E-state index contributed by atoms with van der Waals surface area (Å²) in [6.07, 6.45) is 4.35. The van der Waals surface area contributed by atoms with Gasteiger partial charge in [0, 0.05) is 32.7 Å². The van der Waals surface area contributed by atoms with Crippen molar-refractivity contribution >= 4 is 12.0 Å². The van der Waals surface area contributed by atoms with E-state index in [9.17, 15) is 9.59 Å². The molecule has 2 aliphatic rings. The van der Waals surface area contributed by atoms with Crippen LogP contribution in [0, 0.1) is 0 Å². The van der Waals surface area contributed by atoms with E-state index in [0.29, 0.717) is 32.5 Å². The van der Waals surface area contributed by atoms with Gasteiger partial charge in [-0.15, -0.1) is 0 Å². The lowest BCUT2D eigenvalue weighted by Gasteiger charge is -2.39. The van der Waals surface area contributed by atoms with E-state index >= 15 is 0 Å². The van der Waals surface area contributed by atoms with Crippen LogP contribution in [0.3, 0.4) is 0 Å². The number of ether oxygens (including phenoxy) is 1. The molecule has 1 aliphatic carbocycles. The van der Waals surface area contributed by atoms with Gasteiger partial charge in [0.05, 0.1) is 6.61 Å². The molecule has 6 heteroatoms. The Balaban J connectivity index is 1.54. The third kappa shape index (κ3) is 5.01. The number of nitrogens with zero attached hydrogens (tertiary/aromatic N) is 2. The summed E-state index contributed by atoms with van der Waals surface area (Å²) in [4.78, 5) is 29.6. The number of hydrogen-bond acceptors (Lipinski definition) is 4. The molecule has 0 spiro atoms. The number of piperazine rings is 1. The molecule has 0 atom stereocenters. The van der Waals surface area contributed by atoms with Crippen LogP contribution in [0.25, 0.3) is 0 Å². The standard InChI is InChI=1S/C21H31N3O3/c1-2-27-19(25)21(11-7-4-8-12-21)22-20(26)24-15-13-23(14-16-24)17-18-9-5-3-6-10-18/h3,5-6,9-10H,2,4,7-8,11-17H2,1H3,(H,22,26). The number of carbonyl (C=O) groups is 2. The molecule has 2 fully saturated rings. The molecule has 27 heavy (non-hydrogen) atoms. The van der Waals surface area contributed by atoms with Crippen molar-refractivity contribution in [2.45, 2.75) is 51.1 Å². The van der Waals surface area contributed by atoms with E-state index < -0.39 is 5.54 Å². The molecule has 1 heterocycles. The summed E-state index contributed by atoms with van der Waals surface area (Å²) in [5.41, 5.74) is 0.450. The molecule has 148 valence electrons. The first kappa shape index (κ1) is 19.7. The number of hydrogen-bond donors (Lipinski definition) is 1. The van der Waals surface area contributed by atoms with Crippen molar-refractivity contribution < 1.29 is 14.3 Å². The van der Waals surface area contributed by atoms with E-state index in [1.54, 1.807) is 0 Å². The van der Waals surface area contributed by atoms with Crippen LogP contribution in [-0.2, 0) is 16.1 Å². The first-order chi connectivity index (χ1) is 13.1. The van der Waals surface area contributed by atoms with Gasteiger partial charge in [0.15, 0.2) is 0 Å². The summed E-state index contributed by atoms with van der Waals surface area (Å²) >= 11 is 0. The van der Waals surface area contributed by atoms with Crippen molar-refractivity contribution in [3.63, 3.8) is 0 Å². The van der Waals surface area contributed by atoms with Crippen molar-refractivity contribution in [2.75, 3.05) is 32.8 Å². The average molecular weight is 373 g/mol. The Bertz CT molecular complexity index is 621. The number of amides is 2. The minimum Gasteiger partial charge on any atom is -0.464 e. The normalized spacial score (nSPS) is 20.1. The quantitative estimate of drug-likeness (QED) is 0.806. The van der Waals surface area contributed by atoms with Crippen LogP contribution < -0.4 is 5.32 Å². The van der Waals surface area contributed by atoms with Crippen molar-refractivity contribution in [1.29, 1.82) is 0 Å². The molecule has 1 N–H and O–H groups in total. The molecule has 1 saturated carbocycles. The molecule has 6 nitrogen and oxygen atoms in total. The Morgan fingerprint density at radius 3 is 2.33 bits per heavy atom. The first-order valence-electron chi connectivity index (χ1n) is 10.1. The van der Waals surface area contributed by atoms with Gasteiger partial charge in [-0.25, -0.2) is 9.59 Å². The largest absolute Gasteiger partial charge is 0.464 e. The minimum absolute atomic E-state index is 0.135. The lowest BCUT2D eigenvalue weighted by Crippen LogP contribution is -2.61. The molecule has 1 aromatic carbocycles. The van der Waals surface area contributed by atoms with Gasteiger partial charge in [0.2, 0.25) is 0 Å². The Labute approximate surface area is 161 Å². The highest BCUT2D eigenvalue weighted by Gasteiger charge is 2.43. The molecule has 1 aromatic rings. The number of carbonyl (C=O) groups excluding carboxylic acids is 2. The van der Waals surface area contributed by atoms with Crippen LogP contribution in [-0.4, -0.2) is 60.1 Å². The van der Waals surface area contributed by atoms with Crippen LogP contribution >= 0.6 is 0 Å². The Morgan fingerprint density at radius 1 is 1.04 bits per heavy atom. The van der Waals surface area contributed by atoms with Gasteiger partial charge in [0.1, 0.15) is 5.54 Å². The summed E-state index contributed by atoms with van der Waals surface area (Å²) in [5, 5.41) is 3.05. The predicted molar refractivity (Wildman–Crippen MR) is 104 cm³/mol. The zero-order chi connectivity index (χ0) is 19.1. The fourth-order valence-corrected chi connectivity index (χ4v) is 4.04. The zero-order valence-corrected chi connectivity index (χ0v) is 16.3. The Morgan fingerprint density at radius 2 is 1.70 bits per heavy atom. The maximum Gasteiger partial charge on any atom is 0.331 e. The van der Waals surface area contributed by atoms with Gasteiger partial charge in [-0.3, -0.25) is 4.90 Å². The van der Waals surface area contributed by atoms with Crippen molar-refractivity contribution in [1.82, 2.24) is 15.1 Å². The van der Waals surface area contributed by atoms with Crippen LogP contribution in [0.1, 0.15) is 44.6 Å². The Hall–Kier alpha value is -2.08. The maximum absolute atomic E-state index is 12.8. The maximum atomic E-state index is 12.8. The lowest BCUT2D eigenvalue weighted by molar-refractivity contribution is -0.152. The monoisotopic (exact) mass is 373 g/mol. The van der Waals surface area contributed by atoms with E-state index in [1.807, 2.05) is 17.9 Å². The van der Waals surface area contributed by atoms with Gasteiger partial charge in [-0.2, -0.15) is 0 Å². The summed E-state index contributed by atoms with van der Waals surface area (Å²) in [5.74, 6) is -0.277. The van der Waals surface area contributed by atoms with E-state index in [0.717, 1.165) is 38.9 Å². The highest BCUT2D eigenvalue weighted by atomic mass is 16.5. The van der Waals surface area contributed by atoms with Crippen LogP contribution in [0.5, 0.6) is 0 Å². The van der Waals surface area contributed by atoms with Gasteiger partial charge in [-0.05, 0) is 25.3 Å². The van der Waals surface area contributed by atoms with Gasteiger partial charge >= 0.3 is 12.0 Å². The van der Waals surface area contributed by atoms with Crippen molar-refractivity contribution in [2.24, 2.45) is 0 Å². The second kappa shape index (κ2) is 9.22. The second-order valence-corrected chi connectivity index (χ2v) is 7.54. The number of esters is 1. The highest BCUT2D eigenvalue weighted by Crippen LogP contribution is 2.30. The second-order valence-electron chi connectivity index (χ2n) is 7.54. The third-order valence-electron chi connectivity index (χ3n) is 5.63. The predicted octanol–water partition coefficient (Wildman–Crippen LogP) is 2.78. The van der Waals surface area contributed by atoms with E-state index in [2.05, 4.69) is 34.5 Å². The van der Waals surface area contributed by atoms with E-state index in [-0.39, 0.29) is 12.0 Å². The number of rotatable bonds is 5. The van der Waals surface area contributed by atoms with Crippen LogP contribution in [0.2, 0.25) is 0 Å². The highest BCUT2D eigenvalue weighted by molar-refractivity contribution is 5.87. The van der Waals surface area contributed by atoms with E-state index in [1.165, 1.54) is 5.56 Å². The Kier molecular flexibility index (Phi) is 6.72.